The Labute approximate surface area is 289 Å². The Kier molecular flexibility index (Phi) is 23.9. The van der Waals surface area contributed by atoms with Crippen LogP contribution in [0.2, 0.25) is 0 Å². The lowest BCUT2D eigenvalue weighted by Crippen LogP contribution is -2.21. The second-order valence-electron chi connectivity index (χ2n) is 14.0. The number of aromatic nitrogens is 2. The molecule has 1 aromatic carbocycles. The maximum atomic E-state index is 10.7. The van der Waals surface area contributed by atoms with Crippen molar-refractivity contribution < 1.29 is 14.6 Å². The van der Waals surface area contributed by atoms with Crippen molar-refractivity contribution in [1.29, 1.82) is 0 Å². The number of ether oxygens (including phenoxy) is 1. The zero-order valence-corrected chi connectivity index (χ0v) is 30.7. The van der Waals surface area contributed by atoms with E-state index in [1.807, 2.05) is 24.5 Å². The van der Waals surface area contributed by atoms with Gasteiger partial charge in [0.2, 0.25) is 0 Å². The smallest absolute Gasteiger partial charge is 0.306 e. The number of benzene rings is 1. The van der Waals surface area contributed by atoms with Crippen LogP contribution in [0.1, 0.15) is 180 Å². The van der Waals surface area contributed by atoms with Crippen LogP contribution in [0.3, 0.4) is 0 Å². The van der Waals surface area contributed by atoms with Gasteiger partial charge in [-0.15, -0.1) is 0 Å². The molecule has 47 heavy (non-hydrogen) atoms. The van der Waals surface area contributed by atoms with E-state index >= 15 is 0 Å². The van der Waals surface area contributed by atoms with Crippen molar-refractivity contribution in [2.24, 2.45) is 11.8 Å². The number of rotatable bonds is 25. The van der Waals surface area contributed by atoms with Gasteiger partial charge in [0.1, 0.15) is 5.75 Å². The van der Waals surface area contributed by atoms with Gasteiger partial charge in [-0.1, -0.05) is 136 Å². The van der Waals surface area contributed by atoms with Crippen LogP contribution in [0, 0.1) is 11.8 Å². The minimum absolute atomic E-state index is 0.0441. The number of aryl methyl sites for hydroxylation is 1. The Morgan fingerprint density at radius 1 is 0.660 bits per heavy atom. The summed E-state index contributed by atoms with van der Waals surface area (Å²) in [5, 5.41) is 8.84. The monoisotopic (exact) mass is 651 g/mol. The molecule has 3 rings (SSSR count). The number of hydrogen-bond donors (Lipinski definition) is 1. The normalized spacial score (nSPS) is 16.0. The molecule has 0 atom stereocenters. The first-order valence-corrected chi connectivity index (χ1v) is 19.8. The zero-order chi connectivity index (χ0) is 33.8. The Bertz CT molecular complexity index is 1000. The third kappa shape index (κ3) is 19.9. The number of unbranched alkanes of at least 4 members (excludes halogenated alkanes) is 16. The van der Waals surface area contributed by atoms with Crippen molar-refractivity contribution in [3.8, 4) is 17.1 Å². The van der Waals surface area contributed by atoms with Crippen LogP contribution in [0.5, 0.6) is 5.75 Å². The predicted molar refractivity (Wildman–Crippen MR) is 199 cm³/mol. The molecule has 0 radical (unpaired) electrons. The fraction of sp³-hybridized carbons (Fsp3) is 0.738. The van der Waals surface area contributed by atoms with Crippen molar-refractivity contribution in [3.63, 3.8) is 0 Å². The van der Waals surface area contributed by atoms with Gasteiger partial charge >= 0.3 is 5.97 Å². The first kappa shape index (κ1) is 40.7. The number of hydrogen-bond acceptors (Lipinski definition) is 4. The molecule has 1 saturated carbocycles. The van der Waals surface area contributed by atoms with Crippen molar-refractivity contribution in [1.82, 2.24) is 9.97 Å². The van der Waals surface area contributed by atoms with Crippen LogP contribution in [-0.2, 0) is 11.2 Å². The molecule has 5 nitrogen and oxygen atoms in total. The lowest BCUT2D eigenvalue weighted by molar-refractivity contribution is -0.143. The summed E-state index contributed by atoms with van der Waals surface area (Å²) in [6, 6.07) is 8.21. The molecule has 0 bridgehead atoms. The van der Waals surface area contributed by atoms with Crippen molar-refractivity contribution in [2.75, 3.05) is 6.61 Å². The van der Waals surface area contributed by atoms with Crippen LogP contribution in [-0.4, -0.2) is 27.7 Å². The van der Waals surface area contributed by atoms with Gasteiger partial charge in [-0.25, -0.2) is 9.97 Å². The van der Waals surface area contributed by atoms with E-state index in [0.29, 0.717) is 0 Å². The number of carbonyl (C=O) groups is 1. The highest BCUT2D eigenvalue weighted by Crippen LogP contribution is 2.32. The highest BCUT2D eigenvalue weighted by molar-refractivity contribution is 5.70. The molecule has 1 N–H and O–H groups in total. The summed E-state index contributed by atoms with van der Waals surface area (Å²) in [5.41, 5.74) is 2.29. The van der Waals surface area contributed by atoms with E-state index in [2.05, 4.69) is 42.9 Å². The third-order valence-electron chi connectivity index (χ3n) is 9.82. The van der Waals surface area contributed by atoms with Crippen LogP contribution >= 0.6 is 0 Å². The van der Waals surface area contributed by atoms with Gasteiger partial charge in [-0.2, -0.15) is 0 Å². The van der Waals surface area contributed by atoms with E-state index in [1.54, 1.807) is 0 Å². The second kappa shape index (κ2) is 27.5. The minimum atomic E-state index is -0.586. The van der Waals surface area contributed by atoms with Gasteiger partial charge in [0.05, 0.1) is 12.5 Å². The van der Waals surface area contributed by atoms with E-state index in [4.69, 9.17) is 9.84 Å². The quantitative estimate of drug-likeness (QED) is 0.108. The summed E-state index contributed by atoms with van der Waals surface area (Å²) < 4.78 is 5.93. The summed E-state index contributed by atoms with van der Waals surface area (Å²) in [6.45, 7) is 7.57. The average molecular weight is 651 g/mol. The van der Waals surface area contributed by atoms with E-state index in [-0.39, 0.29) is 5.92 Å². The molecule has 5 heteroatoms. The van der Waals surface area contributed by atoms with Crippen molar-refractivity contribution in [2.45, 2.75) is 181 Å². The molecular weight excluding hydrogens is 580 g/mol. The molecule has 0 aliphatic heterocycles. The van der Waals surface area contributed by atoms with Crippen LogP contribution < -0.4 is 4.74 Å². The summed E-state index contributed by atoms with van der Waals surface area (Å²) in [7, 11) is 0. The van der Waals surface area contributed by atoms with Gasteiger partial charge in [-0.05, 0) is 80.7 Å². The van der Waals surface area contributed by atoms with Crippen LogP contribution in [0.15, 0.2) is 36.7 Å². The third-order valence-corrected chi connectivity index (χ3v) is 9.82. The summed E-state index contributed by atoms with van der Waals surface area (Å²) in [5.74, 6) is 1.92. The summed E-state index contributed by atoms with van der Waals surface area (Å²) in [6.07, 6.45) is 35.8. The van der Waals surface area contributed by atoms with Crippen LogP contribution in [0.25, 0.3) is 11.4 Å². The Morgan fingerprint density at radius 3 is 1.68 bits per heavy atom. The van der Waals surface area contributed by atoms with Crippen molar-refractivity contribution in [3.05, 3.63) is 42.2 Å². The Hall–Kier alpha value is -2.43. The molecule has 1 fully saturated rings. The molecular formula is C42H70N2O3. The van der Waals surface area contributed by atoms with Gasteiger partial charge in [0.15, 0.2) is 5.82 Å². The highest BCUT2D eigenvalue weighted by Gasteiger charge is 2.25. The molecule has 1 aliphatic rings. The Balaban J connectivity index is 0.000000456. The molecule has 1 heterocycles. The lowest BCUT2D eigenvalue weighted by Gasteiger charge is -2.25. The van der Waals surface area contributed by atoms with E-state index in [9.17, 15) is 4.79 Å². The topological polar surface area (TPSA) is 72.3 Å². The van der Waals surface area contributed by atoms with E-state index in [1.165, 1.54) is 128 Å². The maximum absolute atomic E-state index is 10.7. The number of aliphatic carboxylic acids is 1. The van der Waals surface area contributed by atoms with Crippen LogP contribution in [0.4, 0.5) is 0 Å². The highest BCUT2D eigenvalue weighted by atomic mass is 16.5. The lowest BCUT2D eigenvalue weighted by atomic mass is 9.80. The predicted octanol–water partition coefficient (Wildman–Crippen LogP) is 12.8. The van der Waals surface area contributed by atoms with Gasteiger partial charge < -0.3 is 9.84 Å². The standard InChI is InChI=1S/C30H48N2O.C12H22O2/c1-3-5-7-9-11-12-13-14-16-18-24-33-29-22-20-28(21-23-29)30-31-25-27(26-32-30)19-17-15-10-8-6-4-2;1-2-3-4-5-10-6-8-11(9-7-10)12(13)14/h20-23,25-26H,3-19,24H2,1-2H3;10-11H,2-9H2,1H3,(H,13,14). The molecule has 1 aromatic heterocycles. The van der Waals surface area contributed by atoms with Gasteiger partial charge in [0, 0.05) is 18.0 Å². The number of carboxylic acid groups (broad SMARTS) is 1. The molecule has 1 aliphatic carbocycles. The average Bonchev–Trinajstić information content (AvgIpc) is 3.10. The first-order valence-electron chi connectivity index (χ1n) is 19.8. The zero-order valence-electron chi connectivity index (χ0n) is 30.7. The summed E-state index contributed by atoms with van der Waals surface area (Å²) >= 11 is 0. The summed E-state index contributed by atoms with van der Waals surface area (Å²) in [4.78, 5) is 19.9. The number of carboxylic acids is 1. The largest absolute Gasteiger partial charge is 0.494 e. The van der Waals surface area contributed by atoms with E-state index < -0.39 is 5.97 Å². The first-order chi connectivity index (χ1) is 23.1. The molecule has 0 spiro atoms. The fourth-order valence-corrected chi connectivity index (χ4v) is 6.60. The molecule has 0 saturated heterocycles. The Morgan fingerprint density at radius 2 is 1.15 bits per heavy atom. The second-order valence-corrected chi connectivity index (χ2v) is 14.0. The molecule has 0 unspecified atom stereocenters. The fourth-order valence-electron chi connectivity index (χ4n) is 6.60. The molecule has 266 valence electrons. The maximum Gasteiger partial charge on any atom is 0.306 e. The number of nitrogens with zero attached hydrogens (tertiary/aromatic N) is 2. The van der Waals surface area contributed by atoms with Gasteiger partial charge in [0.25, 0.3) is 0 Å². The molecule has 2 aromatic rings. The van der Waals surface area contributed by atoms with Crippen molar-refractivity contribution >= 4 is 5.97 Å². The van der Waals surface area contributed by atoms with E-state index in [0.717, 1.165) is 68.2 Å². The van der Waals surface area contributed by atoms with Gasteiger partial charge in [-0.3, -0.25) is 4.79 Å². The minimum Gasteiger partial charge on any atom is -0.494 e. The SMILES string of the molecule is CCCCCC1CCC(C(=O)O)CC1.CCCCCCCCCCCCOc1ccc(-c2ncc(CCCCCCCC)cn2)cc1. The molecule has 0 amide bonds.